The maximum atomic E-state index is 13.1. The van der Waals surface area contributed by atoms with E-state index < -0.39 is 0 Å². The van der Waals surface area contributed by atoms with Crippen molar-refractivity contribution < 1.29 is 9.59 Å². The Labute approximate surface area is 176 Å². The van der Waals surface area contributed by atoms with Gasteiger partial charge in [0.05, 0.1) is 5.92 Å². The van der Waals surface area contributed by atoms with Gasteiger partial charge in [0, 0.05) is 52.2 Å². The number of nitrogens with zero attached hydrogens (tertiary/aromatic N) is 6. The van der Waals surface area contributed by atoms with E-state index in [2.05, 4.69) is 31.8 Å². The molecule has 4 rings (SSSR count). The van der Waals surface area contributed by atoms with E-state index >= 15 is 0 Å². The van der Waals surface area contributed by atoms with Crippen LogP contribution in [-0.2, 0) is 9.59 Å². The van der Waals surface area contributed by atoms with E-state index in [1.807, 2.05) is 0 Å². The summed E-state index contributed by atoms with van der Waals surface area (Å²) in [5.41, 5.74) is 0. The topological polar surface area (TPSA) is 72.9 Å². The molecule has 1 unspecified atom stereocenters. The smallest absolute Gasteiger partial charge is 0.228 e. The van der Waals surface area contributed by atoms with Gasteiger partial charge in [0.15, 0.2) is 0 Å². The SMILES string of the molecule is CCCN1CCN(C(=O)C2CCCN(c3nnc(N4CCCCC4=O)s3)C2)CC1. The molecular formula is C20H32N6O2S. The number of hydrogen-bond donors (Lipinski definition) is 0. The lowest BCUT2D eigenvalue weighted by molar-refractivity contribution is -0.137. The number of anilines is 2. The summed E-state index contributed by atoms with van der Waals surface area (Å²) in [5, 5.41) is 10.2. The fraction of sp³-hybridized carbons (Fsp3) is 0.800. The van der Waals surface area contributed by atoms with E-state index in [0.29, 0.717) is 24.0 Å². The van der Waals surface area contributed by atoms with E-state index in [1.165, 1.54) is 17.8 Å². The molecule has 8 nitrogen and oxygen atoms in total. The molecule has 0 bridgehead atoms. The Morgan fingerprint density at radius 3 is 2.59 bits per heavy atom. The number of carbonyl (C=O) groups is 2. The molecule has 3 saturated heterocycles. The fourth-order valence-electron chi connectivity index (χ4n) is 4.57. The normalized spacial score (nSPS) is 24.2. The largest absolute Gasteiger partial charge is 0.346 e. The minimum absolute atomic E-state index is 0.0328. The van der Waals surface area contributed by atoms with Crippen molar-refractivity contribution in [2.45, 2.75) is 45.4 Å². The number of hydrogen-bond acceptors (Lipinski definition) is 7. The molecule has 3 aliphatic heterocycles. The molecule has 3 fully saturated rings. The zero-order chi connectivity index (χ0) is 20.2. The molecule has 9 heteroatoms. The second-order valence-electron chi connectivity index (χ2n) is 8.32. The Balaban J connectivity index is 1.35. The van der Waals surface area contributed by atoms with E-state index in [9.17, 15) is 9.59 Å². The van der Waals surface area contributed by atoms with Gasteiger partial charge >= 0.3 is 0 Å². The molecule has 3 aliphatic rings. The van der Waals surface area contributed by atoms with Crippen molar-refractivity contribution in [2.24, 2.45) is 5.92 Å². The lowest BCUT2D eigenvalue weighted by Gasteiger charge is -2.38. The minimum Gasteiger partial charge on any atom is -0.346 e. The number of aromatic nitrogens is 2. The van der Waals surface area contributed by atoms with Crippen LogP contribution in [0.2, 0.25) is 0 Å². The van der Waals surface area contributed by atoms with Gasteiger partial charge in [0.1, 0.15) is 0 Å². The van der Waals surface area contributed by atoms with Crippen molar-refractivity contribution in [1.82, 2.24) is 20.0 Å². The van der Waals surface area contributed by atoms with E-state index in [-0.39, 0.29) is 11.8 Å². The third-order valence-electron chi connectivity index (χ3n) is 6.22. The molecule has 0 N–H and O–H groups in total. The third-order valence-corrected chi connectivity index (χ3v) is 7.23. The molecule has 0 aliphatic carbocycles. The van der Waals surface area contributed by atoms with Crippen LogP contribution in [0.25, 0.3) is 0 Å². The second-order valence-corrected chi connectivity index (χ2v) is 9.26. The number of rotatable bonds is 5. The first kappa shape index (κ1) is 20.5. The van der Waals surface area contributed by atoms with Crippen LogP contribution < -0.4 is 9.80 Å². The van der Waals surface area contributed by atoms with Gasteiger partial charge < -0.3 is 9.80 Å². The average molecular weight is 421 g/mol. The molecule has 0 radical (unpaired) electrons. The van der Waals surface area contributed by atoms with Crippen LogP contribution in [0.3, 0.4) is 0 Å². The molecule has 1 aromatic heterocycles. The van der Waals surface area contributed by atoms with Crippen LogP contribution in [0.1, 0.15) is 45.4 Å². The summed E-state index contributed by atoms with van der Waals surface area (Å²) >= 11 is 1.48. The van der Waals surface area contributed by atoms with Gasteiger partial charge in [-0.3, -0.25) is 19.4 Å². The van der Waals surface area contributed by atoms with Gasteiger partial charge in [-0.1, -0.05) is 18.3 Å². The number of amides is 2. The van der Waals surface area contributed by atoms with Crippen molar-refractivity contribution in [3.63, 3.8) is 0 Å². The van der Waals surface area contributed by atoms with Crippen LogP contribution in [0.15, 0.2) is 0 Å². The molecule has 29 heavy (non-hydrogen) atoms. The molecule has 0 saturated carbocycles. The van der Waals surface area contributed by atoms with Gasteiger partial charge in [-0.2, -0.15) is 0 Å². The Bertz CT molecular complexity index is 718. The molecule has 0 spiro atoms. The Kier molecular flexibility index (Phi) is 6.64. The van der Waals surface area contributed by atoms with Crippen molar-refractivity contribution in [1.29, 1.82) is 0 Å². The standard InChI is InChI=1S/C20H32N6O2S/c1-2-8-23-11-13-24(14-12-23)18(28)16-6-5-9-25(15-16)19-21-22-20(29-19)26-10-4-3-7-17(26)27/h16H,2-15H2,1H3. The monoisotopic (exact) mass is 420 g/mol. The zero-order valence-electron chi connectivity index (χ0n) is 17.4. The van der Waals surface area contributed by atoms with Crippen LogP contribution in [-0.4, -0.2) is 84.2 Å². The highest BCUT2D eigenvalue weighted by Gasteiger charge is 2.32. The first-order valence-electron chi connectivity index (χ1n) is 11.1. The zero-order valence-corrected chi connectivity index (χ0v) is 18.2. The summed E-state index contributed by atoms with van der Waals surface area (Å²) in [6.45, 7) is 9.32. The highest BCUT2D eigenvalue weighted by molar-refractivity contribution is 7.19. The van der Waals surface area contributed by atoms with Crippen molar-refractivity contribution in [3.05, 3.63) is 0 Å². The van der Waals surface area contributed by atoms with Crippen LogP contribution in [0.5, 0.6) is 0 Å². The maximum absolute atomic E-state index is 13.1. The van der Waals surface area contributed by atoms with Crippen LogP contribution in [0.4, 0.5) is 10.3 Å². The van der Waals surface area contributed by atoms with Gasteiger partial charge in [-0.25, -0.2) is 0 Å². The fourth-order valence-corrected chi connectivity index (χ4v) is 5.50. The van der Waals surface area contributed by atoms with Crippen molar-refractivity contribution in [2.75, 3.05) is 62.2 Å². The lowest BCUT2D eigenvalue weighted by atomic mass is 9.96. The minimum atomic E-state index is 0.0328. The van der Waals surface area contributed by atoms with Crippen molar-refractivity contribution >= 4 is 33.4 Å². The summed E-state index contributed by atoms with van der Waals surface area (Å²) in [7, 11) is 0. The maximum Gasteiger partial charge on any atom is 0.228 e. The van der Waals surface area contributed by atoms with Crippen LogP contribution in [0, 0.1) is 5.92 Å². The molecular weight excluding hydrogens is 388 g/mol. The molecule has 0 aromatic carbocycles. The summed E-state index contributed by atoms with van der Waals surface area (Å²) in [4.78, 5) is 33.7. The summed E-state index contributed by atoms with van der Waals surface area (Å²) < 4.78 is 0. The van der Waals surface area contributed by atoms with E-state index in [0.717, 1.165) is 76.6 Å². The Morgan fingerprint density at radius 1 is 1.03 bits per heavy atom. The first-order valence-corrected chi connectivity index (χ1v) is 11.9. The third kappa shape index (κ3) is 4.71. The summed E-state index contributed by atoms with van der Waals surface area (Å²) in [6.07, 6.45) is 5.68. The summed E-state index contributed by atoms with van der Waals surface area (Å²) in [5.74, 6) is 0.472. The highest BCUT2D eigenvalue weighted by atomic mass is 32.1. The van der Waals surface area contributed by atoms with Gasteiger partial charge in [0.25, 0.3) is 0 Å². The molecule has 2 amide bonds. The molecule has 160 valence electrons. The van der Waals surface area contributed by atoms with Crippen molar-refractivity contribution in [3.8, 4) is 0 Å². The van der Waals surface area contributed by atoms with Gasteiger partial charge in [-0.05, 0) is 38.6 Å². The molecule has 1 atom stereocenters. The molecule has 1 aromatic rings. The average Bonchev–Trinajstić information content (AvgIpc) is 3.24. The Hall–Kier alpha value is -1.74. The lowest BCUT2D eigenvalue weighted by Crippen LogP contribution is -2.52. The predicted octanol–water partition coefficient (Wildman–Crippen LogP) is 1.83. The quantitative estimate of drug-likeness (QED) is 0.724. The molecule has 4 heterocycles. The first-order chi connectivity index (χ1) is 14.2. The summed E-state index contributed by atoms with van der Waals surface area (Å²) in [6, 6.07) is 0. The Morgan fingerprint density at radius 2 is 1.83 bits per heavy atom. The van der Waals surface area contributed by atoms with Crippen LogP contribution >= 0.6 is 11.3 Å². The van der Waals surface area contributed by atoms with E-state index in [1.54, 1.807) is 4.90 Å². The van der Waals surface area contributed by atoms with Gasteiger partial charge in [-0.15, -0.1) is 10.2 Å². The predicted molar refractivity (Wildman–Crippen MR) is 114 cm³/mol. The number of carbonyl (C=O) groups excluding carboxylic acids is 2. The number of piperazine rings is 1. The van der Waals surface area contributed by atoms with E-state index in [4.69, 9.17) is 0 Å². The van der Waals surface area contributed by atoms with Gasteiger partial charge in [0.2, 0.25) is 22.1 Å². The highest BCUT2D eigenvalue weighted by Crippen LogP contribution is 2.32. The number of piperidine rings is 2. The second kappa shape index (κ2) is 9.38.